The number of carboxylic acids is 1. The van der Waals surface area contributed by atoms with E-state index in [-0.39, 0.29) is 11.6 Å². The molecule has 0 aliphatic heterocycles. The molecule has 0 radical (unpaired) electrons. The fourth-order valence-corrected chi connectivity index (χ4v) is 2.26. The Balaban J connectivity index is 1.88. The van der Waals surface area contributed by atoms with Gasteiger partial charge >= 0.3 is 0 Å². The molecule has 0 aromatic heterocycles. The molecule has 1 N–H and O–H groups in total. The molecule has 0 unspecified atom stereocenters. The maximum absolute atomic E-state index is 11.7. The summed E-state index contributed by atoms with van der Waals surface area (Å²) in [5.41, 5.74) is 2.76. The summed E-state index contributed by atoms with van der Waals surface area (Å²) < 4.78 is 10.3. The number of benzene rings is 2. The summed E-state index contributed by atoms with van der Waals surface area (Å²) in [7, 11) is 0. The molecule has 26 heavy (non-hydrogen) atoms. The van der Waals surface area contributed by atoms with Crippen LogP contribution in [0.3, 0.4) is 0 Å². The number of para-hydroxylation sites is 1. The lowest BCUT2D eigenvalue weighted by atomic mass is 10.2. The van der Waals surface area contributed by atoms with Crippen LogP contribution in [0.2, 0.25) is 10.0 Å². The van der Waals surface area contributed by atoms with Gasteiger partial charge in [0.25, 0.3) is 5.91 Å². The van der Waals surface area contributed by atoms with Gasteiger partial charge in [-0.25, -0.2) is 5.43 Å². The molecule has 0 bridgehead atoms. The van der Waals surface area contributed by atoms with Gasteiger partial charge in [0.15, 0.2) is 6.61 Å². The number of carbonyl (C=O) groups is 2. The molecular weight excluding hydrogens is 383 g/mol. The van der Waals surface area contributed by atoms with Gasteiger partial charge in [-0.2, -0.15) is 5.10 Å². The number of carbonyl (C=O) groups excluding carboxylic acids is 2. The molecule has 1 amide bonds. The smallest absolute Gasteiger partial charge is 0.277 e. The van der Waals surface area contributed by atoms with E-state index in [1.54, 1.807) is 36.4 Å². The van der Waals surface area contributed by atoms with Crippen LogP contribution >= 0.6 is 23.2 Å². The van der Waals surface area contributed by atoms with Gasteiger partial charge in [-0.15, -0.1) is 0 Å². The first-order chi connectivity index (χ1) is 12.5. The Morgan fingerprint density at radius 2 is 1.81 bits per heavy atom. The SMILES string of the molecule is O=C([O-])COc1ccccc1/C=N\NC(=O)COc1ccc(Cl)cc1Cl. The predicted octanol–water partition coefficient (Wildman–Crippen LogP) is 1.65. The molecule has 0 aliphatic carbocycles. The van der Waals surface area contributed by atoms with E-state index in [1.165, 1.54) is 12.3 Å². The van der Waals surface area contributed by atoms with Crippen molar-refractivity contribution in [3.63, 3.8) is 0 Å². The predicted molar refractivity (Wildman–Crippen MR) is 94.6 cm³/mol. The second kappa shape index (κ2) is 9.65. The first kappa shape index (κ1) is 19.6. The van der Waals surface area contributed by atoms with E-state index in [9.17, 15) is 14.7 Å². The van der Waals surface area contributed by atoms with Gasteiger partial charge in [-0.05, 0) is 30.3 Å². The van der Waals surface area contributed by atoms with E-state index < -0.39 is 18.5 Å². The van der Waals surface area contributed by atoms with Gasteiger partial charge in [0.2, 0.25) is 0 Å². The van der Waals surface area contributed by atoms with Crippen molar-refractivity contribution in [3.05, 3.63) is 58.1 Å². The maximum Gasteiger partial charge on any atom is 0.277 e. The number of nitrogens with one attached hydrogen (secondary N) is 1. The monoisotopic (exact) mass is 395 g/mol. The molecule has 7 nitrogen and oxygen atoms in total. The molecule has 9 heteroatoms. The number of ether oxygens (including phenoxy) is 2. The van der Waals surface area contributed by atoms with Gasteiger partial charge in [0, 0.05) is 10.6 Å². The lowest BCUT2D eigenvalue weighted by Gasteiger charge is -2.09. The standard InChI is InChI=1S/C17H14Cl2N2O5/c18-12-5-6-15(13(19)7-12)25-9-16(22)21-20-8-11-3-1-2-4-14(11)26-10-17(23)24/h1-8H,9-10H2,(H,21,22)(H,23,24)/p-1/b20-8-. The fourth-order valence-electron chi connectivity index (χ4n) is 1.80. The average molecular weight is 396 g/mol. The molecule has 0 heterocycles. The minimum Gasteiger partial charge on any atom is -0.546 e. The molecule has 0 atom stereocenters. The van der Waals surface area contributed by atoms with Crippen LogP contribution in [-0.4, -0.2) is 31.3 Å². The number of hydrogen-bond acceptors (Lipinski definition) is 6. The number of hydrogen-bond donors (Lipinski definition) is 1. The van der Waals surface area contributed by atoms with E-state index in [1.807, 2.05) is 0 Å². The van der Waals surface area contributed by atoms with Crippen LogP contribution in [0.1, 0.15) is 5.56 Å². The summed E-state index contributed by atoms with van der Waals surface area (Å²) >= 11 is 11.7. The average Bonchev–Trinajstić information content (AvgIpc) is 2.60. The Morgan fingerprint density at radius 3 is 2.54 bits per heavy atom. The number of nitrogens with zero attached hydrogens (tertiary/aromatic N) is 1. The number of halogens is 2. The van der Waals surface area contributed by atoms with Crippen molar-refractivity contribution in [1.82, 2.24) is 5.43 Å². The van der Waals surface area contributed by atoms with Crippen molar-refractivity contribution in [2.75, 3.05) is 13.2 Å². The second-order valence-electron chi connectivity index (χ2n) is 4.86. The highest BCUT2D eigenvalue weighted by atomic mass is 35.5. The minimum atomic E-state index is -1.34. The highest BCUT2D eigenvalue weighted by Crippen LogP contribution is 2.27. The molecule has 0 fully saturated rings. The van der Waals surface area contributed by atoms with Gasteiger partial charge in [0.1, 0.15) is 18.1 Å². The molecule has 2 aromatic carbocycles. The van der Waals surface area contributed by atoms with Crippen LogP contribution in [0.15, 0.2) is 47.6 Å². The highest BCUT2D eigenvalue weighted by molar-refractivity contribution is 6.35. The van der Waals surface area contributed by atoms with Crippen molar-refractivity contribution in [2.45, 2.75) is 0 Å². The fraction of sp³-hybridized carbons (Fsp3) is 0.118. The quantitative estimate of drug-likeness (QED) is 0.540. The van der Waals surface area contributed by atoms with E-state index in [2.05, 4.69) is 10.5 Å². The van der Waals surface area contributed by atoms with Crippen LogP contribution in [0.25, 0.3) is 0 Å². The molecule has 136 valence electrons. The molecule has 2 rings (SSSR count). The number of aliphatic carboxylic acids is 1. The van der Waals surface area contributed by atoms with Crippen LogP contribution in [0.5, 0.6) is 11.5 Å². The number of carboxylic acid groups (broad SMARTS) is 1. The zero-order valence-electron chi connectivity index (χ0n) is 13.3. The molecule has 2 aromatic rings. The summed E-state index contributed by atoms with van der Waals surface area (Å²) in [6.07, 6.45) is 1.32. The molecule has 0 aliphatic rings. The van der Waals surface area contributed by atoms with Crippen molar-refractivity contribution in [2.24, 2.45) is 5.10 Å². The molecule has 0 saturated heterocycles. The summed E-state index contributed by atoms with van der Waals surface area (Å²) in [6, 6.07) is 11.2. The zero-order chi connectivity index (χ0) is 18.9. The Morgan fingerprint density at radius 1 is 1.08 bits per heavy atom. The first-order valence-corrected chi connectivity index (χ1v) is 8.02. The lowest BCUT2D eigenvalue weighted by Crippen LogP contribution is -2.29. The third kappa shape index (κ3) is 6.27. The van der Waals surface area contributed by atoms with Gasteiger partial charge in [-0.3, -0.25) is 4.79 Å². The van der Waals surface area contributed by atoms with Crippen LogP contribution < -0.4 is 20.0 Å². The number of amides is 1. The van der Waals surface area contributed by atoms with Crippen molar-refractivity contribution in [3.8, 4) is 11.5 Å². The van der Waals surface area contributed by atoms with E-state index in [4.69, 9.17) is 32.7 Å². The Bertz CT molecular complexity index is 827. The molecule has 0 saturated carbocycles. The van der Waals surface area contributed by atoms with Crippen LogP contribution in [0, 0.1) is 0 Å². The number of hydrazone groups is 1. The van der Waals surface area contributed by atoms with Crippen molar-refractivity contribution >= 4 is 41.3 Å². The largest absolute Gasteiger partial charge is 0.546 e. The Hall–Kier alpha value is -2.77. The van der Waals surface area contributed by atoms with Crippen molar-refractivity contribution in [1.29, 1.82) is 0 Å². The van der Waals surface area contributed by atoms with Gasteiger partial charge in [0.05, 0.1) is 17.2 Å². The summed E-state index contributed by atoms with van der Waals surface area (Å²) in [5.74, 6) is -1.25. The van der Waals surface area contributed by atoms with E-state index in [0.29, 0.717) is 22.1 Å². The van der Waals surface area contributed by atoms with Crippen LogP contribution in [0.4, 0.5) is 0 Å². The molecular formula is C17H13Cl2N2O5-. The third-order valence-electron chi connectivity index (χ3n) is 2.91. The van der Waals surface area contributed by atoms with E-state index >= 15 is 0 Å². The third-order valence-corrected chi connectivity index (χ3v) is 3.44. The Kier molecular flexibility index (Phi) is 7.25. The van der Waals surface area contributed by atoms with Crippen molar-refractivity contribution < 1.29 is 24.2 Å². The summed E-state index contributed by atoms with van der Waals surface area (Å²) in [6.45, 7) is -0.894. The van der Waals surface area contributed by atoms with Crippen LogP contribution in [-0.2, 0) is 9.59 Å². The van der Waals surface area contributed by atoms with Gasteiger partial charge < -0.3 is 19.4 Å². The Labute approximate surface area is 159 Å². The second-order valence-corrected chi connectivity index (χ2v) is 5.70. The maximum atomic E-state index is 11.7. The highest BCUT2D eigenvalue weighted by Gasteiger charge is 2.06. The van der Waals surface area contributed by atoms with Gasteiger partial charge in [-0.1, -0.05) is 35.3 Å². The topological polar surface area (TPSA) is 100 Å². The summed E-state index contributed by atoms with van der Waals surface area (Å²) in [4.78, 5) is 22.2. The molecule has 0 spiro atoms. The normalized spacial score (nSPS) is 10.5. The summed E-state index contributed by atoms with van der Waals surface area (Å²) in [5, 5.41) is 15.0. The lowest BCUT2D eigenvalue weighted by molar-refractivity contribution is -0.307. The van der Waals surface area contributed by atoms with E-state index in [0.717, 1.165) is 0 Å². The minimum absolute atomic E-state index is 0.285. The number of rotatable bonds is 8. The first-order valence-electron chi connectivity index (χ1n) is 7.27. The zero-order valence-corrected chi connectivity index (χ0v) is 14.8.